The minimum atomic E-state index is 0.120. The molecule has 0 aliphatic heterocycles. The third-order valence-electron chi connectivity index (χ3n) is 0. The van der Waals surface area contributed by atoms with Gasteiger partial charge in [0.05, 0.1) is 0 Å². The van der Waals surface area contributed by atoms with Crippen molar-refractivity contribution in [1.82, 2.24) is 0 Å². The Balaban J connectivity index is 0. The van der Waals surface area contributed by atoms with Gasteiger partial charge in [-0.25, -0.2) is 0 Å². The van der Waals surface area contributed by atoms with Gasteiger partial charge in [0.2, 0.25) is 0 Å². The molecule has 0 fully saturated rings. The molecule has 0 heterocycles. The SMILES string of the molecule is C[PH+](C)C.[Cl][Au]. The molecule has 3 heteroatoms. The van der Waals surface area contributed by atoms with E-state index < -0.39 is 0 Å². The molecule has 44 valence electrons. The van der Waals surface area contributed by atoms with Gasteiger partial charge in [0.1, 0.15) is 0 Å². The molecule has 0 saturated heterocycles. The van der Waals surface area contributed by atoms with Gasteiger partial charge in [-0.3, -0.25) is 0 Å². The van der Waals surface area contributed by atoms with Crippen LogP contribution in [-0.4, -0.2) is 20.0 Å². The molecule has 0 unspecified atom stereocenters. The summed E-state index contributed by atoms with van der Waals surface area (Å²) in [6.45, 7) is 6.81. The summed E-state index contributed by atoms with van der Waals surface area (Å²) < 4.78 is 0. The van der Waals surface area contributed by atoms with E-state index >= 15 is 0 Å². The predicted molar refractivity (Wildman–Crippen MR) is 31.9 cm³/mol. The van der Waals surface area contributed by atoms with Gasteiger partial charge in [-0.05, 0) is 7.92 Å². The molecule has 0 rings (SSSR count). The summed E-state index contributed by atoms with van der Waals surface area (Å²) in [5.74, 6) is 0. The fourth-order valence-electron chi connectivity index (χ4n) is 0. The van der Waals surface area contributed by atoms with Crippen molar-refractivity contribution in [2.24, 2.45) is 0 Å². The van der Waals surface area contributed by atoms with Crippen molar-refractivity contribution in [3.8, 4) is 0 Å². The van der Waals surface area contributed by atoms with E-state index in [1.54, 1.807) is 20.0 Å². The number of hydrogen-bond donors (Lipinski definition) is 0. The molecule has 0 saturated carbocycles. The Morgan fingerprint density at radius 1 is 1.17 bits per heavy atom. The summed E-state index contributed by atoms with van der Waals surface area (Å²) in [6, 6.07) is 0. The summed E-state index contributed by atoms with van der Waals surface area (Å²) in [4.78, 5) is 0. The number of halogens is 1. The zero-order chi connectivity index (χ0) is 5.58. The molecule has 0 aromatic carbocycles. The number of rotatable bonds is 0. The van der Waals surface area contributed by atoms with Gasteiger partial charge in [0.25, 0.3) is 0 Å². The van der Waals surface area contributed by atoms with Crippen molar-refractivity contribution in [2.45, 2.75) is 0 Å². The Morgan fingerprint density at radius 2 is 1.17 bits per heavy atom. The van der Waals surface area contributed by atoms with E-state index in [1.807, 2.05) is 0 Å². The molecule has 6 heavy (non-hydrogen) atoms. The van der Waals surface area contributed by atoms with Gasteiger partial charge in [0.15, 0.2) is 0 Å². The average molecular weight is 310 g/mol. The second kappa shape index (κ2) is 9.68. The van der Waals surface area contributed by atoms with Crippen molar-refractivity contribution in [1.29, 1.82) is 0 Å². The van der Waals surface area contributed by atoms with Crippen LogP contribution in [0.3, 0.4) is 0 Å². The summed E-state index contributed by atoms with van der Waals surface area (Å²) >= 11 is 1.75. The molecule has 0 aliphatic rings. The molecule has 0 aromatic heterocycles. The van der Waals surface area contributed by atoms with Crippen LogP contribution in [0.1, 0.15) is 0 Å². The van der Waals surface area contributed by atoms with Crippen LogP contribution < -0.4 is 0 Å². The molecule has 0 spiro atoms. The van der Waals surface area contributed by atoms with Crippen LogP contribution in [-0.2, 0) is 20.0 Å². The third-order valence-corrected chi connectivity index (χ3v) is 0. The van der Waals surface area contributed by atoms with Crippen LogP contribution in [0.25, 0.3) is 0 Å². The molecule has 0 radical (unpaired) electrons. The van der Waals surface area contributed by atoms with Gasteiger partial charge in [0, 0.05) is 20.0 Å². The van der Waals surface area contributed by atoms with Crippen LogP contribution >= 0.6 is 17.1 Å². The molecule has 0 bridgehead atoms. The molecule has 0 amide bonds. The van der Waals surface area contributed by atoms with E-state index in [0.29, 0.717) is 0 Å². The Bertz CT molecular complexity index is 15.5. The molecule has 0 N–H and O–H groups in total. The minimum absolute atomic E-state index is 0.120. The quantitative estimate of drug-likeness (QED) is 0.473. The van der Waals surface area contributed by atoms with Crippen LogP contribution in [0, 0.1) is 0 Å². The first-order valence-electron chi connectivity index (χ1n) is 1.61. The van der Waals surface area contributed by atoms with Gasteiger partial charge >= 0.3 is 29.2 Å². The van der Waals surface area contributed by atoms with Crippen molar-refractivity contribution in [3.63, 3.8) is 0 Å². The molecule has 0 aromatic rings. The first-order chi connectivity index (χ1) is 2.73. The van der Waals surface area contributed by atoms with Crippen LogP contribution in [0.2, 0.25) is 0 Å². The van der Waals surface area contributed by atoms with Gasteiger partial charge in [-0.2, -0.15) is 0 Å². The Morgan fingerprint density at radius 3 is 1.17 bits per heavy atom. The molecule has 0 aliphatic carbocycles. The maximum absolute atomic E-state index is 4.58. The van der Waals surface area contributed by atoms with Crippen LogP contribution in [0.15, 0.2) is 0 Å². The number of hydrogen-bond acceptors (Lipinski definition) is 0. The second-order valence-corrected chi connectivity index (χ2v) is 4.50. The summed E-state index contributed by atoms with van der Waals surface area (Å²) in [5.41, 5.74) is 0. The standard InChI is InChI=1S/C3H9P.Au.ClH/c1-4(2)3;;/h1-3H3;;1H/q;+1;. The van der Waals surface area contributed by atoms with E-state index in [9.17, 15) is 0 Å². The molecular formula is C3H10AuClP+. The zero-order valence-electron chi connectivity index (χ0n) is 4.18. The van der Waals surface area contributed by atoms with E-state index in [1.165, 1.54) is 0 Å². The maximum atomic E-state index is 4.58. The molecule has 0 nitrogen and oxygen atoms in total. The van der Waals surface area contributed by atoms with Gasteiger partial charge < -0.3 is 0 Å². The van der Waals surface area contributed by atoms with E-state index in [0.717, 1.165) is 0 Å². The normalized spacial score (nSPS) is 7.17. The Hall–Kier alpha value is 1.46. The van der Waals surface area contributed by atoms with Gasteiger partial charge in [-0.1, -0.05) is 0 Å². The van der Waals surface area contributed by atoms with Crippen LogP contribution in [0.4, 0.5) is 0 Å². The molecular weight excluding hydrogens is 299 g/mol. The first kappa shape index (κ1) is 10.4. The summed E-state index contributed by atoms with van der Waals surface area (Å²) in [7, 11) is 4.70. The first-order valence-corrected chi connectivity index (χ1v) is 7.30. The summed E-state index contributed by atoms with van der Waals surface area (Å²) in [5, 5.41) is 0. The topological polar surface area (TPSA) is 0 Å². The fraction of sp³-hybridized carbons (Fsp3) is 1.00. The predicted octanol–water partition coefficient (Wildman–Crippen LogP) is 1.78. The van der Waals surface area contributed by atoms with Crippen molar-refractivity contribution in [3.05, 3.63) is 0 Å². The van der Waals surface area contributed by atoms with Crippen molar-refractivity contribution < 1.29 is 20.0 Å². The van der Waals surface area contributed by atoms with E-state index in [4.69, 9.17) is 0 Å². The zero-order valence-corrected chi connectivity index (χ0v) is 8.10. The van der Waals surface area contributed by atoms with Crippen LogP contribution in [0.5, 0.6) is 0 Å². The van der Waals surface area contributed by atoms with Crippen molar-refractivity contribution in [2.75, 3.05) is 20.0 Å². The molecule has 0 atom stereocenters. The van der Waals surface area contributed by atoms with E-state index in [2.05, 4.69) is 29.2 Å². The second-order valence-electron chi connectivity index (χ2n) is 1.50. The monoisotopic (exact) mass is 309 g/mol. The van der Waals surface area contributed by atoms with E-state index in [-0.39, 0.29) is 7.92 Å². The third kappa shape index (κ3) is 50.9. The van der Waals surface area contributed by atoms with Crippen molar-refractivity contribution >= 4 is 17.1 Å². The Labute approximate surface area is 57.1 Å². The summed E-state index contributed by atoms with van der Waals surface area (Å²) in [6.07, 6.45) is 0. The Kier molecular flexibility index (Phi) is 16.9. The fourth-order valence-corrected chi connectivity index (χ4v) is 0. The van der Waals surface area contributed by atoms with Gasteiger partial charge in [-0.15, -0.1) is 0 Å². The average Bonchev–Trinajstić information content (AvgIpc) is 1.41.